The molecule has 4 heteroatoms. The molecule has 0 aliphatic carbocycles. The smallest absolute Gasteiger partial charge is 0.116 e. The standard InChI is InChI=1S/C21H32N2O2/c1-18(2)8-9-20(19-6-4-3-5-7-19)14-23-11-13-25-21(16-23)15-22-10-12-24-17-21/h3-7,9,18,22H,8,10-17H2,1-2H3/b20-9+/t21-/m1/s1. The van der Waals surface area contributed by atoms with Gasteiger partial charge in [0.1, 0.15) is 5.60 Å². The van der Waals surface area contributed by atoms with Crippen molar-refractivity contribution in [2.45, 2.75) is 25.9 Å². The average Bonchev–Trinajstić information content (AvgIpc) is 2.85. The Morgan fingerprint density at radius 2 is 2.12 bits per heavy atom. The summed E-state index contributed by atoms with van der Waals surface area (Å²) in [6.07, 6.45) is 3.54. The lowest BCUT2D eigenvalue weighted by atomic mass is 9.98. The molecular weight excluding hydrogens is 312 g/mol. The second-order valence-corrected chi connectivity index (χ2v) is 7.70. The fourth-order valence-electron chi connectivity index (χ4n) is 3.57. The Bertz CT molecular complexity index is 548. The normalized spacial score (nSPS) is 26.1. The predicted molar refractivity (Wildman–Crippen MR) is 103 cm³/mol. The predicted octanol–water partition coefficient (Wildman–Crippen LogP) is 2.81. The lowest BCUT2D eigenvalue weighted by molar-refractivity contribution is -0.131. The number of hydrogen-bond donors (Lipinski definition) is 1. The highest BCUT2D eigenvalue weighted by Gasteiger charge is 2.38. The molecule has 0 aromatic heterocycles. The summed E-state index contributed by atoms with van der Waals surface area (Å²) in [6.45, 7) is 11.4. The molecule has 2 fully saturated rings. The van der Waals surface area contributed by atoms with Gasteiger partial charge in [0.15, 0.2) is 0 Å². The van der Waals surface area contributed by atoms with Gasteiger partial charge in [0, 0.05) is 32.7 Å². The van der Waals surface area contributed by atoms with Gasteiger partial charge in [-0.05, 0) is 23.5 Å². The Morgan fingerprint density at radius 3 is 2.92 bits per heavy atom. The van der Waals surface area contributed by atoms with Crippen LogP contribution in [0.2, 0.25) is 0 Å². The maximum Gasteiger partial charge on any atom is 0.116 e. The van der Waals surface area contributed by atoms with Crippen molar-refractivity contribution >= 4 is 5.57 Å². The molecule has 1 aromatic rings. The molecule has 0 bridgehead atoms. The summed E-state index contributed by atoms with van der Waals surface area (Å²) >= 11 is 0. The number of nitrogens with one attached hydrogen (secondary N) is 1. The first-order chi connectivity index (χ1) is 12.2. The summed E-state index contributed by atoms with van der Waals surface area (Å²) < 4.78 is 11.9. The summed E-state index contributed by atoms with van der Waals surface area (Å²) in [5, 5.41) is 3.46. The van der Waals surface area contributed by atoms with E-state index < -0.39 is 0 Å². The third-order valence-corrected chi connectivity index (χ3v) is 4.94. The van der Waals surface area contributed by atoms with Crippen LogP contribution in [0.1, 0.15) is 25.8 Å². The van der Waals surface area contributed by atoms with Gasteiger partial charge in [-0.15, -0.1) is 0 Å². The zero-order chi connectivity index (χ0) is 17.5. The lowest BCUT2D eigenvalue weighted by Gasteiger charge is -2.42. The average molecular weight is 344 g/mol. The Morgan fingerprint density at radius 1 is 1.28 bits per heavy atom. The van der Waals surface area contributed by atoms with Gasteiger partial charge in [0.2, 0.25) is 0 Å². The molecule has 2 saturated heterocycles. The van der Waals surface area contributed by atoms with E-state index in [1.165, 1.54) is 11.1 Å². The first-order valence-corrected chi connectivity index (χ1v) is 9.56. The van der Waals surface area contributed by atoms with Crippen LogP contribution in [0.5, 0.6) is 0 Å². The molecule has 1 N–H and O–H groups in total. The van der Waals surface area contributed by atoms with Gasteiger partial charge in [-0.2, -0.15) is 0 Å². The van der Waals surface area contributed by atoms with Gasteiger partial charge in [0.25, 0.3) is 0 Å². The Balaban J connectivity index is 1.71. The summed E-state index contributed by atoms with van der Waals surface area (Å²) in [4.78, 5) is 2.53. The van der Waals surface area contributed by atoms with E-state index >= 15 is 0 Å². The highest BCUT2D eigenvalue weighted by Crippen LogP contribution is 2.24. The summed E-state index contributed by atoms with van der Waals surface area (Å²) in [7, 11) is 0. The topological polar surface area (TPSA) is 33.7 Å². The fourth-order valence-corrected chi connectivity index (χ4v) is 3.57. The third kappa shape index (κ3) is 5.38. The highest BCUT2D eigenvalue weighted by atomic mass is 16.5. The van der Waals surface area contributed by atoms with Gasteiger partial charge in [-0.3, -0.25) is 4.90 Å². The van der Waals surface area contributed by atoms with E-state index in [0.29, 0.717) is 12.5 Å². The van der Waals surface area contributed by atoms with Crippen molar-refractivity contribution in [3.05, 3.63) is 42.0 Å². The van der Waals surface area contributed by atoms with Crippen molar-refractivity contribution in [1.29, 1.82) is 0 Å². The second kappa shape index (κ2) is 8.95. The zero-order valence-electron chi connectivity index (χ0n) is 15.7. The van der Waals surface area contributed by atoms with E-state index in [4.69, 9.17) is 9.47 Å². The number of allylic oxidation sites excluding steroid dienone is 1. The number of ether oxygens (including phenoxy) is 2. The molecule has 0 radical (unpaired) electrons. The molecule has 25 heavy (non-hydrogen) atoms. The minimum Gasteiger partial charge on any atom is -0.377 e. The van der Waals surface area contributed by atoms with Crippen LogP contribution in [-0.2, 0) is 9.47 Å². The maximum absolute atomic E-state index is 6.15. The van der Waals surface area contributed by atoms with Crippen LogP contribution < -0.4 is 5.32 Å². The van der Waals surface area contributed by atoms with Crippen LogP contribution in [0.15, 0.2) is 36.4 Å². The molecule has 0 unspecified atom stereocenters. The van der Waals surface area contributed by atoms with Crippen molar-refractivity contribution in [3.8, 4) is 0 Å². The number of benzene rings is 1. The molecular formula is C21H32N2O2. The number of nitrogens with zero attached hydrogens (tertiary/aromatic N) is 1. The molecule has 3 rings (SSSR count). The zero-order valence-corrected chi connectivity index (χ0v) is 15.7. The van der Waals surface area contributed by atoms with E-state index in [-0.39, 0.29) is 5.60 Å². The largest absolute Gasteiger partial charge is 0.377 e. The van der Waals surface area contributed by atoms with Gasteiger partial charge in [-0.1, -0.05) is 50.3 Å². The van der Waals surface area contributed by atoms with E-state index in [2.05, 4.69) is 60.5 Å². The lowest BCUT2D eigenvalue weighted by Crippen LogP contribution is -2.58. The number of rotatable bonds is 5. The van der Waals surface area contributed by atoms with E-state index in [0.717, 1.165) is 52.4 Å². The van der Waals surface area contributed by atoms with E-state index in [9.17, 15) is 0 Å². The third-order valence-electron chi connectivity index (χ3n) is 4.94. The Labute approximate surface area is 152 Å². The molecule has 0 amide bonds. The molecule has 1 atom stereocenters. The fraction of sp³-hybridized carbons (Fsp3) is 0.619. The molecule has 2 aliphatic rings. The molecule has 1 spiro atoms. The van der Waals surface area contributed by atoms with Crippen LogP contribution in [0.4, 0.5) is 0 Å². The van der Waals surface area contributed by atoms with Crippen molar-refractivity contribution in [2.75, 3.05) is 52.5 Å². The van der Waals surface area contributed by atoms with Crippen molar-refractivity contribution in [3.63, 3.8) is 0 Å². The molecule has 138 valence electrons. The molecule has 2 aliphatic heterocycles. The van der Waals surface area contributed by atoms with Crippen LogP contribution >= 0.6 is 0 Å². The number of hydrogen-bond acceptors (Lipinski definition) is 4. The molecule has 2 heterocycles. The van der Waals surface area contributed by atoms with Crippen molar-refractivity contribution < 1.29 is 9.47 Å². The summed E-state index contributed by atoms with van der Waals surface area (Å²) in [5.41, 5.74) is 2.56. The first-order valence-electron chi connectivity index (χ1n) is 9.56. The highest BCUT2D eigenvalue weighted by molar-refractivity contribution is 5.66. The SMILES string of the molecule is CC(C)C/C=C(\CN1CCO[C@]2(CNCCOC2)C1)c1ccccc1. The Kier molecular flexibility index (Phi) is 6.65. The van der Waals surface area contributed by atoms with Crippen LogP contribution in [-0.4, -0.2) is 63.0 Å². The van der Waals surface area contributed by atoms with Gasteiger partial charge < -0.3 is 14.8 Å². The summed E-state index contributed by atoms with van der Waals surface area (Å²) in [6, 6.07) is 10.8. The van der Waals surface area contributed by atoms with E-state index in [1.54, 1.807) is 0 Å². The molecule has 4 nitrogen and oxygen atoms in total. The van der Waals surface area contributed by atoms with Crippen LogP contribution in [0, 0.1) is 5.92 Å². The monoisotopic (exact) mass is 344 g/mol. The minimum absolute atomic E-state index is 0.200. The second-order valence-electron chi connectivity index (χ2n) is 7.70. The van der Waals surface area contributed by atoms with Crippen LogP contribution in [0.3, 0.4) is 0 Å². The van der Waals surface area contributed by atoms with Gasteiger partial charge >= 0.3 is 0 Å². The minimum atomic E-state index is -0.200. The first kappa shape index (κ1) is 18.6. The van der Waals surface area contributed by atoms with Crippen molar-refractivity contribution in [1.82, 2.24) is 10.2 Å². The van der Waals surface area contributed by atoms with Gasteiger partial charge in [-0.25, -0.2) is 0 Å². The number of morpholine rings is 1. The quantitative estimate of drug-likeness (QED) is 0.891. The Hall–Kier alpha value is -1.20. The van der Waals surface area contributed by atoms with Crippen molar-refractivity contribution in [2.24, 2.45) is 5.92 Å². The molecule has 0 saturated carbocycles. The van der Waals surface area contributed by atoms with Gasteiger partial charge in [0.05, 0.1) is 19.8 Å². The van der Waals surface area contributed by atoms with E-state index in [1.807, 2.05) is 0 Å². The van der Waals surface area contributed by atoms with Crippen LogP contribution in [0.25, 0.3) is 5.57 Å². The summed E-state index contributed by atoms with van der Waals surface area (Å²) in [5.74, 6) is 0.675. The molecule has 1 aromatic carbocycles. The maximum atomic E-state index is 6.15.